The van der Waals surface area contributed by atoms with Crippen LogP contribution in [0.25, 0.3) is 0 Å². The van der Waals surface area contributed by atoms with E-state index < -0.39 is 37.3 Å². The van der Waals surface area contributed by atoms with Crippen LogP contribution in [0, 0.1) is 0 Å². The number of hydrogen-bond acceptors (Lipinski definition) is 5. The minimum Gasteiger partial charge on any atom is -0.479 e. The van der Waals surface area contributed by atoms with E-state index in [1.54, 1.807) is 0 Å². The molecule has 0 aliphatic rings. The van der Waals surface area contributed by atoms with Crippen LogP contribution in [0.5, 0.6) is 0 Å². The molecule has 0 heterocycles. The molecule has 0 aromatic rings. The molecule has 0 spiro atoms. The molecular weight excluding hydrogens is 208 g/mol. The minimum atomic E-state index is -1.72. The maximum Gasteiger partial charge on any atom is 2.00 e. The van der Waals surface area contributed by atoms with Crippen molar-refractivity contribution >= 4 is 43.7 Å². The minimum absolute atomic E-state index is 0. The van der Waals surface area contributed by atoms with Gasteiger partial charge in [-0.25, -0.2) is 4.79 Å². The summed E-state index contributed by atoms with van der Waals surface area (Å²) in [4.78, 5) is 10.0. The molecule has 0 aliphatic heterocycles. The van der Waals surface area contributed by atoms with Crippen LogP contribution in [-0.4, -0.2) is 94.2 Å². The van der Waals surface area contributed by atoms with Crippen molar-refractivity contribution < 1.29 is 30.3 Å². The number of hydrogen-bond donors (Lipinski definition) is 5. The Balaban J connectivity index is 0. The van der Waals surface area contributed by atoms with Crippen molar-refractivity contribution in [2.75, 3.05) is 6.61 Å². The summed E-state index contributed by atoms with van der Waals surface area (Å²) >= 11 is 0. The van der Waals surface area contributed by atoms with Gasteiger partial charge in [0.25, 0.3) is 0 Å². The molecule has 6 nitrogen and oxygen atoms in total. The molecule has 3 unspecified atom stereocenters. The molecular formula is C6H12CaO6+2. The Morgan fingerprint density at radius 3 is 1.92 bits per heavy atom. The fourth-order valence-corrected chi connectivity index (χ4v) is 0.608. The van der Waals surface area contributed by atoms with Crippen molar-refractivity contribution in [3.05, 3.63) is 0 Å². The molecule has 3 atom stereocenters. The summed E-state index contributed by atoms with van der Waals surface area (Å²) in [7, 11) is 0. The molecule has 7 heteroatoms. The van der Waals surface area contributed by atoms with E-state index in [1.807, 2.05) is 0 Å². The maximum atomic E-state index is 10.0. The Kier molecular flexibility index (Phi) is 9.77. The second-order valence-electron chi connectivity index (χ2n) is 2.41. The Bertz CT molecular complexity index is 152. The molecule has 0 aliphatic carbocycles. The number of aliphatic hydroxyl groups is 4. The third-order valence-corrected chi connectivity index (χ3v) is 1.38. The first-order valence-corrected chi connectivity index (χ1v) is 3.37. The summed E-state index contributed by atoms with van der Waals surface area (Å²) in [6.07, 6.45) is -5.07. The maximum absolute atomic E-state index is 10.0. The van der Waals surface area contributed by atoms with E-state index in [1.165, 1.54) is 0 Å². The number of aliphatic carboxylic acids is 1. The monoisotopic (exact) mass is 220 g/mol. The Morgan fingerprint density at radius 1 is 1.15 bits per heavy atom. The first-order valence-electron chi connectivity index (χ1n) is 3.37. The fraction of sp³-hybridized carbons (Fsp3) is 0.833. The van der Waals surface area contributed by atoms with E-state index in [2.05, 4.69) is 0 Å². The third kappa shape index (κ3) is 6.62. The zero-order valence-electron chi connectivity index (χ0n) is 7.00. The van der Waals surface area contributed by atoms with Crippen LogP contribution < -0.4 is 0 Å². The number of carboxylic acid groups (broad SMARTS) is 1. The SMILES string of the molecule is O=C(O)C(O)CC(O)C(O)CO.[Ca+2]. The molecule has 5 N–H and O–H groups in total. The van der Waals surface area contributed by atoms with E-state index in [0.29, 0.717) is 0 Å². The second kappa shape index (κ2) is 7.93. The van der Waals surface area contributed by atoms with Gasteiger partial charge in [0.05, 0.1) is 12.7 Å². The van der Waals surface area contributed by atoms with Gasteiger partial charge in [-0.1, -0.05) is 0 Å². The average Bonchev–Trinajstić information content (AvgIpc) is 2.02. The van der Waals surface area contributed by atoms with Gasteiger partial charge in [0.15, 0.2) is 6.10 Å². The number of rotatable bonds is 5. The van der Waals surface area contributed by atoms with E-state index in [9.17, 15) is 4.79 Å². The third-order valence-electron chi connectivity index (χ3n) is 1.38. The average molecular weight is 220 g/mol. The van der Waals surface area contributed by atoms with Gasteiger partial charge < -0.3 is 25.5 Å². The molecule has 0 fully saturated rings. The van der Waals surface area contributed by atoms with E-state index in [-0.39, 0.29) is 37.7 Å². The number of aliphatic hydroxyl groups excluding tert-OH is 4. The van der Waals surface area contributed by atoms with Gasteiger partial charge in [0.2, 0.25) is 0 Å². The van der Waals surface area contributed by atoms with E-state index in [0.717, 1.165) is 0 Å². The number of carboxylic acids is 1. The molecule has 0 aromatic heterocycles. The molecule has 0 aromatic carbocycles. The summed E-state index contributed by atoms with van der Waals surface area (Å²) < 4.78 is 0. The van der Waals surface area contributed by atoms with Crippen molar-refractivity contribution in [2.24, 2.45) is 0 Å². The van der Waals surface area contributed by atoms with E-state index >= 15 is 0 Å². The summed E-state index contributed by atoms with van der Waals surface area (Å²) in [6, 6.07) is 0. The largest absolute Gasteiger partial charge is 2.00 e. The smallest absolute Gasteiger partial charge is 0.479 e. The van der Waals surface area contributed by atoms with Crippen LogP contribution in [0.1, 0.15) is 6.42 Å². The zero-order valence-corrected chi connectivity index (χ0v) is 9.21. The Hall–Kier alpha value is 0.570. The predicted molar refractivity (Wildman–Crippen MR) is 43.1 cm³/mol. The molecule has 0 radical (unpaired) electrons. The molecule has 0 rings (SSSR count). The van der Waals surface area contributed by atoms with Crippen LogP contribution in [0.15, 0.2) is 0 Å². The number of carbonyl (C=O) groups is 1. The zero-order chi connectivity index (χ0) is 9.72. The molecule has 0 saturated carbocycles. The normalized spacial score (nSPS) is 16.9. The molecule has 0 saturated heterocycles. The predicted octanol–water partition coefficient (Wildman–Crippen LogP) is -2.84. The van der Waals surface area contributed by atoms with Crippen molar-refractivity contribution in [3.8, 4) is 0 Å². The van der Waals surface area contributed by atoms with Crippen molar-refractivity contribution in [1.82, 2.24) is 0 Å². The first-order chi connectivity index (χ1) is 5.49. The van der Waals surface area contributed by atoms with Gasteiger partial charge in [-0.2, -0.15) is 0 Å². The van der Waals surface area contributed by atoms with Crippen LogP contribution >= 0.6 is 0 Å². The van der Waals surface area contributed by atoms with Gasteiger partial charge in [0.1, 0.15) is 6.10 Å². The second-order valence-corrected chi connectivity index (χ2v) is 2.41. The topological polar surface area (TPSA) is 118 Å². The summed E-state index contributed by atoms with van der Waals surface area (Å²) in [5, 5.41) is 42.8. The van der Waals surface area contributed by atoms with E-state index in [4.69, 9.17) is 25.5 Å². The standard InChI is InChI=1S/C6H12O6.Ca/c7-2-5(10)3(8)1-4(9)6(11)12;/h3-5,7-10H,1-2H2,(H,11,12);/q;+2. The Morgan fingerprint density at radius 2 is 1.62 bits per heavy atom. The van der Waals surface area contributed by atoms with Crippen LogP contribution in [0.2, 0.25) is 0 Å². The van der Waals surface area contributed by atoms with Gasteiger partial charge in [0, 0.05) is 6.42 Å². The molecule has 13 heavy (non-hydrogen) atoms. The molecule has 0 amide bonds. The Labute approximate surface area is 105 Å². The molecule has 0 bridgehead atoms. The van der Waals surface area contributed by atoms with Crippen LogP contribution in [-0.2, 0) is 4.79 Å². The first kappa shape index (κ1) is 16.0. The van der Waals surface area contributed by atoms with Gasteiger partial charge >= 0.3 is 43.7 Å². The summed E-state index contributed by atoms with van der Waals surface area (Å²) in [6.45, 7) is -0.673. The van der Waals surface area contributed by atoms with Gasteiger partial charge in [-0.05, 0) is 0 Å². The quantitative estimate of drug-likeness (QED) is 0.318. The summed E-state index contributed by atoms with van der Waals surface area (Å²) in [5.74, 6) is -1.47. The van der Waals surface area contributed by atoms with Crippen molar-refractivity contribution in [2.45, 2.75) is 24.7 Å². The molecule has 72 valence electrons. The van der Waals surface area contributed by atoms with Gasteiger partial charge in [-0.3, -0.25) is 0 Å². The van der Waals surface area contributed by atoms with Crippen LogP contribution in [0.3, 0.4) is 0 Å². The van der Waals surface area contributed by atoms with Crippen molar-refractivity contribution in [1.29, 1.82) is 0 Å². The fourth-order valence-electron chi connectivity index (χ4n) is 0.608. The van der Waals surface area contributed by atoms with Crippen molar-refractivity contribution in [3.63, 3.8) is 0 Å². The van der Waals surface area contributed by atoms with Crippen LogP contribution in [0.4, 0.5) is 0 Å². The van der Waals surface area contributed by atoms with Gasteiger partial charge in [-0.15, -0.1) is 0 Å². The summed E-state index contributed by atoms with van der Waals surface area (Å²) in [5.41, 5.74) is 0.